The third-order valence-electron chi connectivity index (χ3n) is 5.78. The number of carbonyl (C=O) groups excluding carboxylic acids is 3. The molecule has 1 fully saturated rings. The predicted octanol–water partition coefficient (Wildman–Crippen LogP) is 6.47. The van der Waals surface area contributed by atoms with E-state index in [0.29, 0.717) is 27.2 Å². The minimum absolute atomic E-state index is 0.165. The van der Waals surface area contributed by atoms with Crippen molar-refractivity contribution in [3.8, 4) is 11.5 Å². The molecule has 0 aromatic heterocycles. The fourth-order valence-corrected chi connectivity index (χ4v) is 4.77. The molecule has 3 aromatic rings. The molecule has 3 aromatic carbocycles. The lowest BCUT2D eigenvalue weighted by Crippen LogP contribution is -2.54. The fourth-order valence-electron chi connectivity index (χ4n) is 3.69. The Bertz CT molecular complexity index is 1470. The highest BCUT2D eigenvalue weighted by Gasteiger charge is 2.37. The second-order valence-corrected chi connectivity index (χ2v) is 10.3. The summed E-state index contributed by atoms with van der Waals surface area (Å²) in [6.45, 7) is 4.44. The molecule has 1 aliphatic heterocycles. The minimum atomic E-state index is -0.882. The third kappa shape index (κ3) is 5.76. The first-order valence-corrected chi connectivity index (χ1v) is 12.9. The number of amides is 4. The van der Waals surface area contributed by atoms with E-state index in [9.17, 15) is 14.4 Å². The van der Waals surface area contributed by atoms with Gasteiger partial charge in [-0.1, -0.05) is 41.4 Å². The molecule has 4 rings (SSSR count). The molecular formula is C27H21Cl2IN2O5. The quantitative estimate of drug-likeness (QED) is 0.188. The van der Waals surface area contributed by atoms with Crippen molar-refractivity contribution in [2.45, 2.75) is 20.5 Å². The molecule has 7 nitrogen and oxygen atoms in total. The Hall–Kier alpha value is -3.08. The van der Waals surface area contributed by atoms with Crippen molar-refractivity contribution in [2.24, 2.45) is 0 Å². The summed E-state index contributed by atoms with van der Waals surface area (Å²) in [5.41, 5.74) is 3.86. The second kappa shape index (κ2) is 11.1. The number of benzene rings is 3. The normalized spacial score (nSPS) is 14.7. The summed E-state index contributed by atoms with van der Waals surface area (Å²) < 4.78 is 12.3. The Morgan fingerprint density at radius 1 is 0.973 bits per heavy atom. The highest BCUT2D eigenvalue weighted by molar-refractivity contribution is 14.1. The Labute approximate surface area is 237 Å². The van der Waals surface area contributed by atoms with Crippen LogP contribution in [0.2, 0.25) is 10.0 Å². The van der Waals surface area contributed by atoms with Crippen LogP contribution in [0.5, 0.6) is 11.5 Å². The van der Waals surface area contributed by atoms with Gasteiger partial charge in [-0.3, -0.25) is 14.9 Å². The standard InChI is InChI=1S/C27H21Cl2IN2O5/c1-14-4-5-16(8-15(14)2)13-37-24-22(30)10-17(11-23(24)36-3)9-19-25(33)31-27(35)32(26(19)34)18-6-7-20(28)21(29)12-18/h4-12H,13H2,1-3H3,(H,31,33,35)/b19-9+. The molecule has 1 heterocycles. The summed E-state index contributed by atoms with van der Waals surface area (Å²) in [6.07, 6.45) is 1.40. The zero-order chi connectivity index (χ0) is 26.9. The molecule has 0 radical (unpaired) electrons. The average Bonchev–Trinajstić information content (AvgIpc) is 2.85. The van der Waals surface area contributed by atoms with Crippen molar-refractivity contribution >= 4 is 75.4 Å². The van der Waals surface area contributed by atoms with Gasteiger partial charge < -0.3 is 9.47 Å². The summed E-state index contributed by atoms with van der Waals surface area (Å²) in [5, 5.41) is 2.62. The van der Waals surface area contributed by atoms with E-state index in [1.807, 2.05) is 19.1 Å². The molecule has 4 amide bonds. The van der Waals surface area contributed by atoms with Crippen LogP contribution in [-0.4, -0.2) is 25.0 Å². The van der Waals surface area contributed by atoms with Crippen LogP contribution >= 0.6 is 45.8 Å². The highest BCUT2D eigenvalue weighted by atomic mass is 127. The van der Waals surface area contributed by atoms with Crippen molar-refractivity contribution < 1.29 is 23.9 Å². The number of urea groups is 1. The van der Waals surface area contributed by atoms with E-state index in [2.05, 4.69) is 40.9 Å². The van der Waals surface area contributed by atoms with Gasteiger partial charge in [0, 0.05) is 0 Å². The van der Waals surface area contributed by atoms with Gasteiger partial charge in [0.15, 0.2) is 11.5 Å². The lowest BCUT2D eigenvalue weighted by Gasteiger charge is -2.26. The zero-order valence-electron chi connectivity index (χ0n) is 20.0. The number of aryl methyl sites for hydroxylation is 2. The van der Waals surface area contributed by atoms with Gasteiger partial charge in [0.25, 0.3) is 11.8 Å². The minimum Gasteiger partial charge on any atom is -0.493 e. The number of carbonyl (C=O) groups is 3. The molecule has 10 heteroatoms. The molecule has 0 atom stereocenters. The van der Waals surface area contributed by atoms with Gasteiger partial charge >= 0.3 is 6.03 Å². The lowest BCUT2D eigenvalue weighted by atomic mass is 10.1. The molecule has 1 aliphatic rings. The number of nitrogens with one attached hydrogen (secondary N) is 1. The van der Waals surface area contributed by atoms with Gasteiger partial charge in [-0.25, -0.2) is 9.69 Å². The summed E-state index contributed by atoms with van der Waals surface area (Å²) in [6, 6.07) is 13.0. The van der Waals surface area contributed by atoms with Crippen molar-refractivity contribution in [3.63, 3.8) is 0 Å². The topological polar surface area (TPSA) is 84.9 Å². The van der Waals surface area contributed by atoms with Crippen LogP contribution in [0.15, 0.2) is 54.1 Å². The molecule has 0 spiro atoms. The molecule has 0 unspecified atom stereocenters. The van der Waals surface area contributed by atoms with Crippen LogP contribution in [0.3, 0.4) is 0 Å². The van der Waals surface area contributed by atoms with E-state index in [4.69, 9.17) is 32.7 Å². The summed E-state index contributed by atoms with van der Waals surface area (Å²) in [5.74, 6) is -0.634. The number of anilines is 1. The predicted molar refractivity (Wildman–Crippen MR) is 151 cm³/mol. The Kier molecular flexibility index (Phi) is 8.11. The number of ether oxygens (including phenoxy) is 2. The summed E-state index contributed by atoms with van der Waals surface area (Å²) in [4.78, 5) is 39.1. The monoisotopic (exact) mass is 650 g/mol. The smallest absolute Gasteiger partial charge is 0.335 e. The van der Waals surface area contributed by atoms with Crippen LogP contribution < -0.4 is 19.7 Å². The molecule has 37 heavy (non-hydrogen) atoms. The number of methoxy groups -OCH3 is 1. The van der Waals surface area contributed by atoms with E-state index in [0.717, 1.165) is 10.5 Å². The molecule has 1 saturated heterocycles. The molecule has 0 saturated carbocycles. The van der Waals surface area contributed by atoms with E-state index < -0.39 is 17.8 Å². The average molecular weight is 651 g/mol. The van der Waals surface area contributed by atoms with E-state index in [-0.39, 0.29) is 21.3 Å². The van der Waals surface area contributed by atoms with Gasteiger partial charge in [0.05, 0.1) is 26.4 Å². The SMILES string of the molecule is COc1cc(/C=C2\C(=O)NC(=O)N(c3ccc(Cl)c(Cl)c3)C2=O)cc(I)c1OCc1ccc(C)c(C)c1. The first-order valence-electron chi connectivity index (χ1n) is 11.0. The third-order valence-corrected chi connectivity index (χ3v) is 7.32. The van der Waals surface area contributed by atoms with E-state index in [1.54, 1.807) is 12.1 Å². The molecule has 1 N–H and O–H groups in total. The van der Waals surface area contributed by atoms with Gasteiger partial charge in [-0.2, -0.15) is 0 Å². The van der Waals surface area contributed by atoms with Crippen LogP contribution in [0.25, 0.3) is 6.08 Å². The van der Waals surface area contributed by atoms with Crippen LogP contribution in [0, 0.1) is 17.4 Å². The Balaban J connectivity index is 1.64. The number of hydrogen-bond donors (Lipinski definition) is 1. The van der Waals surface area contributed by atoms with Crippen molar-refractivity contribution in [3.05, 3.63) is 90.0 Å². The maximum Gasteiger partial charge on any atom is 0.335 e. The number of hydrogen-bond acceptors (Lipinski definition) is 5. The van der Waals surface area contributed by atoms with Crippen LogP contribution in [0.4, 0.5) is 10.5 Å². The van der Waals surface area contributed by atoms with Crippen molar-refractivity contribution in [1.82, 2.24) is 5.32 Å². The summed E-state index contributed by atoms with van der Waals surface area (Å²) in [7, 11) is 1.51. The molecular weight excluding hydrogens is 630 g/mol. The van der Waals surface area contributed by atoms with Crippen molar-refractivity contribution in [1.29, 1.82) is 0 Å². The van der Waals surface area contributed by atoms with Crippen molar-refractivity contribution in [2.75, 3.05) is 12.0 Å². The lowest BCUT2D eigenvalue weighted by molar-refractivity contribution is -0.122. The number of barbiturate groups is 1. The van der Waals surface area contributed by atoms with E-state index in [1.165, 1.54) is 42.5 Å². The van der Waals surface area contributed by atoms with Gasteiger partial charge in [0.1, 0.15) is 12.2 Å². The zero-order valence-corrected chi connectivity index (χ0v) is 23.7. The van der Waals surface area contributed by atoms with E-state index >= 15 is 0 Å². The number of imide groups is 2. The fraction of sp³-hybridized carbons (Fsp3) is 0.148. The largest absolute Gasteiger partial charge is 0.493 e. The Morgan fingerprint density at radius 3 is 2.41 bits per heavy atom. The molecule has 190 valence electrons. The van der Waals surface area contributed by atoms with Gasteiger partial charge in [-0.15, -0.1) is 0 Å². The summed E-state index contributed by atoms with van der Waals surface area (Å²) >= 11 is 14.1. The first kappa shape index (κ1) is 27.0. The number of nitrogens with zero attached hydrogens (tertiary/aromatic N) is 1. The van der Waals surface area contributed by atoms with Gasteiger partial charge in [0.2, 0.25) is 0 Å². The molecule has 0 aliphatic carbocycles. The first-order chi connectivity index (χ1) is 17.6. The number of rotatable bonds is 6. The highest BCUT2D eigenvalue weighted by Crippen LogP contribution is 2.36. The Morgan fingerprint density at radius 2 is 1.73 bits per heavy atom. The van der Waals surface area contributed by atoms with Crippen LogP contribution in [0.1, 0.15) is 22.3 Å². The maximum absolute atomic E-state index is 13.2. The second-order valence-electron chi connectivity index (χ2n) is 8.30. The maximum atomic E-state index is 13.2. The molecule has 0 bridgehead atoms. The van der Waals surface area contributed by atoms with Gasteiger partial charge in [-0.05, 0) is 95.1 Å². The van der Waals surface area contributed by atoms with Crippen LogP contribution in [-0.2, 0) is 16.2 Å². The number of halogens is 3.